The molecule has 2 amide bonds. The van der Waals surface area contributed by atoms with Crippen LogP contribution in [-0.4, -0.2) is 33.6 Å². The van der Waals surface area contributed by atoms with Crippen molar-refractivity contribution < 1.29 is 9.90 Å². The Balaban J connectivity index is 2.67. The number of aliphatic hydroxyl groups excluding tert-OH is 1. The Bertz CT molecular complexity index is 518. The van der Waals surface area contributed by atoms with E-state index in [2.05, 4.69) is 29.6 Å². The molecule has 22 heavy (non-hydrogen) atoms. The first-order chi connectivity index (χ1) is 10.0. The summed E-state index contributed by atoms with van der Waals surface area (Å²) in [7, 11) is 0. The number of carbonyl (C=O) groups excluding carboxylic acids is 1. The molecule has 0 fully saturated rings. The van der Waals surface area contributed by atoms with Gasteiger partial charge in [-0.15, -0.1) is 0 Å². The molecular weight excluding hydrogens is 280 g/mol. The maximum atomic E-state index is 12.1. The van der Waals surface area contributed by atoms with Crippen LogP contribution >= 0.6 is 0 Å². The van der Waals surface area contributed by atoms with Crippen LogP contribution in [0.25, 0.3) is 0 Å². The molecule has 0 bridgehead atoms. The second-order valence-corrected chi connectivity index (χ2v) is 7.11. The van der Waals surface area contributed by atoms with Crippen LogP contribution in [0.1, 0.15) is 58.5 Å². The number of hydrogen-bond donors (Lipinski definition) is 3. The van der Waals surface area contributed by atoms with Crippen LogP contribution < -0.4 is 10.6 Å². The van der Waals surface area contributed by atoms with Gasteiger partial charge in [-0.25, -0.2) is 4.79 Å². The van der Waals surface area contributed by atoms with Crippen molar-refractivity contribution in [3.63, 3.8) is 0 Å². The molecule has 1 aromatic heterocycles. The third kappa shape index (κ3) is 5.02. The van der Waals surface area contributed by atoms with Gasteiger partial charge in [-0.2, -0.15) is 5.10 Å². The van der Waals surface area contributed by atoms with E-state index in [-0.39, 0.29) is 23.6 Å². The van der Waals surface area contributed by atoms with Crippen molar-refractivity contribution >= 4 is 11.7 Å². The Morgan fingerprint density at radius 2 is 1.91 bits per heavy atom. The fourth-order valence-electron chi connectivity index (χ4n) is 2.70. The van der Waals surface area contributed by atoms with E-state index in [9.17, 15) is 9.90 Å². The quantitative estimate of drug-likeness (QED) is 0.755. The summed E-state index contributed by atoms with van der Waals surface area (Å²) in [5, 5.41) is 19.7. The molecule has 0 spiro atoms. The smallest absolute Gasteiger partial charge is 0.319 e. The number of carbonyl (C=O) groups is 1. The zero-order valence-corrected chi connectivity index (χ0v) is 14.8. The van der Waals surface area contributed by atoms with Crippen LogP contribution in [0, 0.1) is 19.3 Å². The molecule has 0 aliphatic rings. The molecule has 0 aliphatic heterocycles. The van der Waals surface area contributed by atoms with E-state index in [1.165, 1.54) is 0 Å². The van der Waals surface area contributed by atoms with Crippen molar-refractivity contribution in [1.82, 2.24) is 15.1 Å². The average molecular weight is 310 g/mol. The number of aryl methyl sites for hydroxylation is 1. The van der Waals surface area contributed by atoms with Gasteiger partial charge in [0.2, 0.25) is 0 Å². The second kappa shape index (κ2) is 7.13. The van der Waals surface area contributed by atoms with Gasteiger partial charge in [-0.05, 0) is 46.5 Å². The fraction of sp³-hybridized carbons (Fsp3) is 0.750. The number of nitrogens with one attached hydrogen (secondary N) is 2. The van der Waals surface area contributed by atoms with Crippen molar-refractivity contribution in [1.29, 1.82) is 0 Å². The number of nitrogens with zero attached hydrogens (tertiary/aromatic N) is 2. The molecule has 126 valence electrons. The Morgan fingerprint density at radius 3 is 2.36 bits per heavy atom. The fourth-order valence-corrected chi connectivity index (χ4v) is 2.70. The predicted molar refractivity (Wildman–Crippen MR) is 89.2 cm³/mol. The maximum absolute atomic E-state index is 12.1. The van der Waals surface area contributed by atoms with Crippen molar-refractivity contribution in [2.45, 2.75) is 67.0 Å². The standard InChI is InChI=1S/C16H30N4O2/c1-10(2)20-13(5)14(12(4)19-20)18-15(22)17-9-16(6,7)8-11(3)21/h10-11,21H,8-9H2,1-7H3,(H2,17,18,22)/t11-/m0/s1. The molecule has 1 heterocycles. The lowest BCUT2D eigenvalue weighted by molar-refractivity contribution is 0.129. The average Bonchev–Trinajstić information content (AvgIpc) is 2.63. The maximum Gasteiger partial charge on any atom is 0.319 e. The largest absolute Gasteiger partial charge is 0.393 e. The van der Waals surface area contributed by atoms with Crippen LogP contribution in [-0.2, 0) is 0 Å². The monoisotopic (exact) mass is 310 g/mol. The molecule has 0 aromatic carbocycles. The van der Waals surface area contributed by atoms with Gasteiger partial charge in [-0.3, -0.25) is 4.68 Å². The highest BCUT2D eigenvalue weighted by Crippen LogP contribution is 2.23. The lowest BCUT2D eigenvalue weighted by Gasteiger charge is -2.26. The Hall–Kier alpha value is -1.56. The number of urea groups is 1. The topological polar surface area (TPSA) is 79.2 Å². The number of rotatable bonds is 6. The lowest BCUT2D eigenvalue weighted by Crippen LogP contribution is -2.38. The highest BCUT2D eigenvalue weighted by atomic mass is 16.3. The second-order valence-electron chi connectivity index (χ2n) is 7.11. The van der Waals surface area contributed by atoms with E-state index < -0.39 is 0 Å². The lowest BCUT2D eigenvalue weighted by atomic mass is 9.87. The predicted octanol–water partition coefficient (Wildman–Crippen LogP) is 3.00. The molecule has 6 nitrogen and oxygen atoms in total. The molecule has 0 radical (unpaired) electrons. The summed E-state index contributed by atoms with van der Waals surface area (Å²) in [5.74, 6) is 0. The molecule has 3 N–H and O–H groups in total. The van der Waals surface area contributed by atoms with Crippen LogP contribution in [0.4, 0.5) is 10.5 Å². The molecule has 0 aliphatic carbocycles. The molecular formula is C16H30N4O2. The van der Waals surface area contributed by atoms with Crippen molar-refractivity contribution in [2.75, 3.05) is 11.9 Å². The van der Waals surface area contributed by atoms with Gasteiger partial charge < -0.3 is 15.7 Å². The van der Waals surface area contributed by atoms with E-state index in [4.69, 9.17) is 0 Å². The van der Waals surface area contributed by atoms with Gasteiger partial charge in [0.25, 0.3) is 0 Å². The van der Waals surface area contributed by atoms with Crippen molar-refractivity contribution in [2.24, 2.45) is 5.41 Å². The summed E-state index contributed by atoms with van der Waals surface area (Å²) in [6.07, 6.45) is 0.255. The first kappa shape index (κ1) is 18.5. The summed E-state index contributed by atoms with van der Waals surface area (Å²) >= 11 is 0. The van der Waals surface area contributed by atoms with Crippen LogP contribution in [0.2, 0.25) is 0 Å². The number of amides is 2. The summed E-state index contributed by atoms with van der Waals surface area (Å²) in [5.41, 5.74) is 2.37. The Morgan fingerprint density at radius 1 is 1.32 bits per heavy atom. The zero-order valence-electron chi connectivity index (χ0n) is 14.8. The van der Waals surface area contributed by atoms with Gasteiger partial charge in [0.15, 0.2) is 0 Å². The van der Waals surface area contributed by atoms with E-state index >= 15 is 0 Å². The molecule has 1 aromatic rings. The van der Waals surface area contributed by atoms with Gasteiger partial charge in [0.1, 0.15) is 0 Å². The first-order valence-electron chi connectivity index (χ1n) is 7.82. The van der Waals surface area contributed by atoms with E-state index in [1.807, 2.05) is 32.4 Å². The van der Waals surface area contributed by atoms with Crippen LogP contribution in [0.15, 0.2) is 0 Å². The summed E-state index contributed by atoms with van der Waals surface area (Å²) < 4.78 is 1.91. The summed E-state index contributed by atoms with van der Waals surface area (Å²) in [6.45, 7) is 14.3. The summed E-state index contributed by atoms with van der Waals surface area (Å²) in [4.78, 5) is 12.1. The number of anilines is 1. The van der Waals surface area contributed by atoms with E-state index in [0.29, 0.717) is 13.0 Å². The minimum Gasteiger partial charge on any atom is -0.393 e. The zero-order chi connectivity index (χ0) is 17.1. The first-order valence-corrected chi connectivity index (χ1v) is 7.82. The Labute approximate surface area is 133 Å². The number of hydrogen-bond acceptors (Lipinski definition) is 3. The van der Waals surface area contributed by atoms with Crippen LogP contribution in [0.3, 0.4) is 0 Å². The Kier molecular flexibility index (Phi) is 6.00. The molecule has 6 heteroatoms. The van der Waals surface area contributed by atoms with Gasteiger partial charge >= 0.3 is 6.03 Å². The normalized spacial score (nSPS) is 13.3. The number of aliphatic hydroxyl groups is 1. The minimum absolute atomic E-state index is 0.155. The SMILES string of the molecule is Cc1nn(C(C)C)c(C)c1NC(=O)NCC(C)(C)C[C@H](C)O. The molecule has 0 saturated heterocycles. The third-order valence-corrected chi connectivity index (χ3v) is 3.63. The molecule has 0 unspecified atom stereocenters. The highest BCUT2D eigenvalue weighted by Gasteiger charge is 2.22. The molecule has 0 saturated carbocycles. The van der Waals surface area contributed by atoms with Crippen molar-refractivity contribution in [3.05, 3.63) is 11.4 Å². The van der Waals surface area contributed by atoms with Crippen molar-refractivity contribution in [3.8, 4) is 0 Å². The molecule has 1 rings (SSSR count). The van der Waals surface area contributed by atoms with Crippen LogP contribution in [0.5, 0.6) is 0 Å². The van der Waals surface area contributed by atoms with Gasteiger partial charge in [-0.1, -0.05) is 13.8 Å². The van der Waals surface area contributed by atoms with E-state index in [1.54, 1.807) is 6.92 Å². The van der Waals surface area contributed by atoms with E-state index in [0.717, 1.165) is 17.1 Å². The summed E-state index contributed by atoms with van der Waals surface area (Å²) in [6, 6.07) is 0.00969. The minimum atomic E-state index is -0.381. The highest BCUT2D eigenvalue weighted by molar-refractivity contribution is 5.90. The third-order valence-electron chi connectivity index (χ3n) is 3.63. The van der Waals surface area contributed by atoms with Gasteiger partial charge in [0, 0.05) is 12.6 Å². The number of aromatic nitrogens is 2. The van der Waals surface area contributed by atoms with Gasteiger partial charge in [0.05, 0.1) is 23.2 Å². The molecule has 1 atom stereocenters.